The monoisotopic (exact) mass is 556 g/mol. The average molecular weight is 557 g/mol. The Hall–Kier alpha value is -4.84. The van der Waals surface area contributed by atoms with Crippen LogP contribution in [-0.4, -0.2) is 65.7 Å². The lowest BCUT2D eigenvalue weighted by molar-refractivity contribution is -0.121. The fourth-order valence-electron chi connectivity index (χ4n) is 5.09. The summed E-state index contributed by atoms with van der Waals surface area (Å²) in [5.41, 5.74) is 9.09. The number of nitrogens with zero attached hydrogens (tertiary/aromatic N) is 6. The van der Waals surface area contributed by atoms with Crippen LogP contribution < -0.4 is 30.3 Å². The molecule has 1 aromatic carbocycles. The predicted octanol–water partition coefficient (Wildman–Crippen LogP) is 3.77. The molecular formula is C29H29FN8O3. The van der Waals surface area contributed by atoms with Crippen LogP contribution in [0.5, 0.6) is 11.5 Å². The number of hydrogen-bond acceptors (Lipinski definition) is 10. The van der Waals surface area contributed by atoms with E-state index in [4.69, 9.17) is 15.2 Å². The summed E-state index contributed by atoms with van der Waals surface area (Å²) in [5.74, 6) is 1.89. The van der Waals surface area contributed by atoms with Crippen molar-refractivity contribution in [3.05, 3.63) is 60.8 Å². The highest BCUT2D eigenvalue weighted by molar-refractivity contribution is 5.96. The third-order valence-electron chi connectivity index (χ3n) is 7.20. The van der Waals surface area contributed by atoms with E-state index in [0.717, 1.165) is 36.2 Å². The van der Waals surface area contributed by atoms with Gasteiger partial charge in [-0.25, -0.2) is 24.3 Å². The maximum atomic E-state index is 14.7. The van der Waals surface area contributed by atoms with Crippen molar-refractivity contribution >= 4 is 29.0 Å². The summed E-state index contributed by atoms with van der Waals surface area (Å²) in [6.07, 6.45) is 6.95. The van der Waals surface area contributed by atoms with Crippen molar-refractivity contribution in [2.75, 3.05) is 49.0 Å². The SMILES string of the molecule is COc1cccc(F)c1-c1nccc(Nc2cc(N3CCC[C@H](N)C3)c(-c3cnc4c(c3)OCC(=O)N4C)cn2)n1. The smallest absolute Gasteiger partial charge is 0.265 e. The molecule has 3 N–H and O–H groups in total. The first-order valence-electron chi connectivity index (χ1n) is 13.2. The quantitative estimate of drug-likeness (QED) is 0.362. The molecule has 12 heteroatoms. The van der Waals surface area contributed by atoms with Crippen LogP contribution in [0.25, 0.3) is 22.5 Å². The van der Waals surface area contributed by atoms with Gasteiger partial charge < -0.3 is 25.4 Å². The minimum absolute atomic E-state index is 0.0384. The van der Waals surface area contributed by atoms with Crippen LogP contribution in [-0.2, 0) is 4.79 Å². The number of benzene rings is 1. The number of ether oxygens (including phenoxy) is 2. The van der Waals surface area contributed by atoms with Gasteiger partial charge in [0.15, 0.2) is 24.0 Å². The van der Waals surface area contributed by atoms with Crippen LogP contribution in [0.4, 0.5) is 27.5 Å². The number of fused-ring (bicyclic) bond motifs is 1. The second kappa shape index (κ2) is 11.0. The largest absolute Gasteiger partial charge is 0.496 e. The molecule has 0 spiro atoms. The summed E-state index contributed by atoms with van der Waals surface area (Å²) in [6, 6.07) is 10.1. The van der Waals surface area contributed by atoms with Crippen molar-refractivity contribution in [2.45, 2.75) is 18.9 Å². The molecule has 1 fully saturated rings. The normalized spacial score (nSPS) is 16.7. The molecule has 1 amide bonds. The highest BCUT2D eigenvalue weighted by Gasteiger charge is 2.26. The van der Waals surface area contributed by atoms with Crippen LogP contribution in [0, 0.1) is 5.82 Å². The summed E-state index contributed by atoms with van der Waals surface area (Å²) in [5, 5.41) is 3.23. The molecule has 11 nitrogen and oxygen atoms in total. The van der Waals surface area contributed by atoms with Gasteiger partial charge in [-0.15, -0.1) is 0 Å². The molecule has 0 saturated carbocycles. The van der Waals surface area contributed by atoms with Gasteiger partial charge in [0, 0.05) is 67.7 Å². The second-order valence-corrected chi connectivity index (χ2v) is 9.93. The van der Waals surface area contributed by atoms with E-state index in [1.54, 1.807) is 43.8 Å². The van der Waals surface area contributed by atoms with E-state index >= 15 is 0 Å². The molecular weight excluding hydrogens is 527 g/mol. The Bertz CT molecular complexity index is 1620. The number of piperidine rings is 1. The van der Waals surface area contributed by atoms with Crippen molar-refractivity contribution in [2.24, 2.45) is 5.73 Å². The Labute approximate surface area is 236 Å². The fourth-order valence-corrected chi connectivity index (χ4v) is 5.09. The molecule has 0 radical (unpaired) electrons. The van der Waals surface area contributed by atoms with E-state index in [9.17, 15) is 9.18 Å². The molecule has 1 saturated heterocycles. The summed E-state index contributed by atoms with van der Waals surface area (Å²) < 4.78 is 25.7. The van der Waals surface area contributed by atoms with Crippen LogP contribution in [0.2, 0.25) is 0 Å². The Morgan fingerprint density at radius 2 is 2.02 bits per heavy atom. The number of anilines is 4. The van der Waals surface area contributed by atoms with E-state index in [2.05, 4.69) is 30.2 Å². The summed E-state index contributed by atoms with van der Waals surface area (Å²) >= 11 is 0. The molecule has 3 aromatic heterocycles. The Morgan fingerprint density at radius 1 is 1.15 bits per heavy atom. The lowest BCUT2D eigenvalue weighted by Crippen LogP contribution is -2.43. The number of nitrogens with two attached hydrogens (primary N) is 1. The maximum absolute atomic E-state index is 14.7. The minimum Gasteiger partial charge on any atom is -0.496 e. The van der Waals surface area contributed by atoms with Gasteiger partial charge in [-0.05, 0) is 37.1 Å². The summed E-state index contributed by atoms with van der Waals surface area (Å²) in [4.78, 5) is 33.7. The van der Waals surface area contributed by atoms with Gasteiger partial charge in [-0.1, -0.05) is 6.07 Å². The highest BCUT2D eigenvalue weighted by atomic mass is 19.1. The van der Waals surface area contributed by atoms with Crippen molar-refractivity contribution in [1.29, 1.82) is 0 Å². The highest BCUT2D eigenvalue weighted by Crippen LogP contribution is 2.38. The lowest BCUT2D eigenvalue weighted by Gasteiger charge is -2.34. The number of hydrogen-bond donors (Lipinski definition) is 2. The van der Waals surface area contributed by atoms with Gasteiger partial charge in [0.05, 0.1) is 12.7 Å². The van der Waals surface area contributed by atoms with Crippen LogP contribution in [0.15, 0.2) is 55.0 Å². The zero-order valence-corrected chi connectivity index (χ0v) is 22.7. The number of methoxy groups -OCH3 is 1. The van der Waals surface area contributed by atoms with Gasteiger partial charge in [-0.3, -0.25) is 9.69 Å². The number of aromatic nitrogens is 4. The summed E-state index contributed by atoms with van der Waals surface area (Å²) in [7, 11) is 3.15. The fraction of sp³-hybridized carbons (Fsp3) is 0.276. The van der Waals surface area contributed by atoms with Gasteiger partial charge in [-0.2, -0.15) is 0 Å². The van der Waals surface area contributed by atoms with Gasteiger partial charge in [0.2, 0.25) is 0 Å². The molecule has 41 heavy (non-hydrogen) atoms. The van der Waals surface area contributed by atoms with Crippen molar-refractivity contribution in [3.8, 4) is 34.0 Å². The number of carbonyl (C=O) groups excluding carboxylic acids is 1. The molecule has 0 bridgehead atoms. The summed E-state index contributed by atoms with van der Waals surface area (Å²) in [6.45, 7) is 1.48. The van der Waals surface area contributed by atoms with E-state index < -0.39 is 5.82 Å². The first kappa shape index (κ1) is 26.4. The predicted molar refractivity (Wildman–Crippen MR) is 153 cm³/mol. The van der Waals surface area contributed by atoms with E-state index in [1.165, 1.54) is 18.1 Å². The van der Waals surface area contributed by atoms with Gasteiger partial charge in [0.1, 0.15) is 23.2 Å². The third-order valence-corrected chi connectivity index (χ3v) is 7.20. The van der Waals surface area contributed by atoms with Crippen LogP contribution in [0.1, 0.15) is 12.8 Å². The molecule has 5 heterocycles. The molecule has 0 aliphatic carbocycles. The van der Waals surface area contributed by atoms with E-state index in [-0.39, 0.29) is 29.9 Å². The van der Waals surface area contributed by atoms with Gasteiger partial charge in [0.25, 0.3) is 5.91 Å². The topological polar surface area (TPSA) is 132 Å². The first-order valence-corrected chi connectivity index (χ1v) is 13.2. The first-order chi connectivity index (χ1) is 19.9. The number of amides is 1. The molecule has 2 aliphatic rings. The zero-order valence-electron chi connectivity index (χ0n) is 22.7. The number of pyridine rings is 2. The molecule has 4 aromatic rings. The van der Waals surface area contributed by atoms with Crippen molar-refractivity contribution < 1.29 is 18.7 Å². The number of likely N-dealkylation sites (N-methyl/N-ethyl adjacent to an activating group) is 1. The number of halogens is 1. The Morgan fingerprint density at radius 3 is 2.85 bits per heavy atom. The van der Waals surface area contributed by atoms with Crippen LogP contribution >= 0.6 is 0 Å². The van der Waals surface area contributed by atoms with Crippen molar-refractivity contribution in [1.82, 2.24) is 19.9 Å². The maximum Gasteiger partial charge on any atom is 0.265 e. The van der Waals surface area contributed by atoms with Crippen molar-refractivity contribution in [3.63, 3.8) is 0 Å². The molecule has 0 unspecified atom stereocenters. The zero-order chi connectivity index (χ0) is 28.5. The molecule has 6 rings (SSSR count). The standard InChI is InChI=1S/C29H29FN8O3/c1-37-26(39)16-41-23-11-17(13-34-29(23)37)19-14-33-25(12-21(19)38-10-4-5-18(31)15-38)35-24-8-9-32-28(36-24)27-20(30)6-3-7-22(27)40-2/h3,6-9,11-14,18H,4-5,10,15-16,31H2,1-2H3,(H,32,33,35,36)/t18-/m0/s1. The van der Waals surface area contributed by atoms with E-state index in [1.807, 2.05) is 12.1 Å². The molecule has 1 atom stereocenters. The number of nitrogens with one attached hydrogen (secondary N) is 1. The molecule has 2 aliphatic heterocycles. The molecule has 210 valence electrons. The third kappa shape index (κ3) is 5.21. The van der Waals surface area contributed by atoms with E-state index in [0.29, 0.717) is 35.5 Å². The Kier molecular flexibility index (Phi) is 7.06. The number of rotatable bonds is 6. The second-order valence-electron chi connectivity index (χ2n) is 9.93. The van der Waals surface area contributed by atoms with Crippen LogP contribution in [0.3, 0.4) is 0 Å². The number of carbonyl (C=O) groups is 1. The average Bonchev–Trinajstić information content (AvgIpc) is 2.99. The minimum atomic E-state index is -0.481. The lowest BCUT2D eigenvalue weighted by atomic mass is 10.0. The Balaban J connectivity index is 1.36. The van der Waals surface area contributed by atoms with Gasteiger partial charge >= 0.3 is 0 Å².